The molecule has 11 heteroatoms. The molecule has 0 aliphatic carbocycles. The molecule has 3 aliphatic heterocycles. The number of pyridine rings is 1. The summed E-state index contributed by atoms with van der Waals surface area (Å²) in [6.45, 7) is 21.8. The predicted octanol–water partition coefficient (Wildman–Crippen LogP) is 8.75. The highest BCUT2D eigenvalue weighted by Gasteiger charge is 2.60. The van der Waals surface area contributed by atoms with Crippen LogP contribution in [0.25, 0.3) is 0 Å². The van der Waals surface area contributed by atoms with Gasteiger partial charge in [0.05, 0.1) is 12.2 Å². The molecule has 6 rings (SSSR count). The molecule has 2 aromatic carbocycles. The van der Waals surface area contributed by atoms with Crippen LogP contribution in [0.4, 0.5) is 4.79 Å². The Balaban J connectivity index is 1.37. The van der Waals surface area contributed by atoms with E-state index in [1.807, 2.05) is 76.2 Å². The minimum absolute atomic E-state index is 0.152. The van der Waals surface area contributed by atoms with Crippen molar-refractivity contribution in [3.63, 3.8) is 0 Å². The number of carbonyl (C=O) groups excluding carboxylic acids is 2. The number of likely N-dealkylation sites (tertiary alicyclic amines) is 1. The number of aromatic nitrogens is 1. The fourth-order valence-electron chi connectivity index (χ4n) is 8.19. The summed E-state index contributed by atoms with van der Waals surface area (Å²) in [7, 11) is 0. The molecule has 0 spiro atoms. The predicted molar refractivity (Wildman–Crippen MR) is 218 cm³/mol. The molecule has 0 bridgehead atoms. The highest BCUT2D eigenvalue weighted by atomic mass is 35.5. The molecule has 54 heavy (non-hydrogen) atoms. The number of carbonyl (C=O) groups is 2. The molecule has 2 saturated heterocycles. The fraction of sp³-hybridized carbons (Fsp3) is 0.535. The molecule has 3 amide bonds. The number of hydrogen-bond donors (Lipinski definition) is 0. The Bertz CT molecular complexity index is 1840. The van der Waals surface area contributed by atoms with Crippen molar-refractivity contribution in [2.24, 2.45) is 10.9 Å². The second-order valence-corrected chi connectivity index (χ2v) is 17.5. The second kappa shape index (κ2) is 15.8. The number of urea groups is 1. The van der Waals surface area contributed by atoms with E-state index in [1.54, 1.807) is 6.20 Å². The van der Waals surface area contributed by atoms with Gasteiger partial charge in [0.2, 0.25) is 5.91 Å². The van der Waals surface area contributed by atoms with E-state index in [1.165, 1.54) is 0 Å². The van der Waals surface area contributed by atoms with Gasteiger partial charge in [-0.15, -0.1) is 0 Å². The summed E-state index contributed by atoms with van der Waals surface area (Å²) in [4.78, 5) is 47.4. The Labute approximate surface area is 331 Å². The van der Waals surface area contributed by atoms with Crippen molar-refractivity contribution in [3.05, 3.63) is 93.2 Å². The number of hydrogen-bond acceptors (Lipinski definition) is 6. The highest BCUT2D eigenvalue weighted by Crippen LogP contribution is 2.54. The van der Waals surface area contributed by atoms with Gasteiger partial charge in [0, 0.05) is 85.1 Å². The molecular weight excluding hydrogens is 719 g/mol. The molecule has 9 nitrogen and oxygen atoms in total. The molecular formula is C43H56Cl2N6O3. The van der Waals surface area contributed by atoms with Gasteiger partial charge in [0.15, 0.2) is 0 Å². The van der Waals surface area contributed by atoms with Crippen molar-refractivity contribution in [3.8, 4) is 5.75 Å². The van der Waals surface area contributed by atoms with Gasteiger partial charge in [-0.05, 0) is 88.8 Å². The maximum absolute atomic E-state index is 15.4. The van der Waals surface area contributed by atoms with Crippen LogP contribution in [0.2, 0.25) is 10.0 Å². The molecule has 0 saturated carbocycles. The molecule has 3 aromatic rings. The third-order valence-electron chi connectivity index (χ3n) is 11.9. The Morgan fingerprint density at radius 2 is 1.44 bits per heavy atom. The number of benzene rings is 2. The summed E-state index contributed by atoms with van der Waals surface area (Å²) in [6.07, 6.45) is 3.82. The van der Waals surface area contributed by atoms with Crippen molar-refractivity contribution in [2.45, 2.75) is 97.2 Å². The standard InChI is InChI=1S/C43H56Cl2N6O3/c1-9-54-36-27-37(41(4,5)6)46-28-35(36)39-47-42(7,31-10-14-33(44)15-11-31)43(8,32-12-16-34(45)17-13-32)51(39)40(53)50-20-18-30(19-21-50)26-38(52)49-24-22-48(23-25-49)29(2)3/h10-17,27-30H,9,18-26H2,1-8H3/t42-,43+/m0/s1. The molecule has 3 aliphatic rings. The van der Waals surface area contributed by atoms with E-state index in [9.17, 15) is 4.79 Å². The van der Waals surface area contributed by atoms with Crippen LogP contribution in [0.5, 0.6) is 5.75 Å². The lowest BCUT2D eigenvalue weighted by Gasteiger charge is -2.47. The van der Waals surface area contributed by atoms with E-state index in [2.05, 4.69) is 53.4 Å². The minimum atomic E-state index is -1.02. The van der Waals surface area contributed by atoms with Crippen molar-refractivity contribution in [1.29, 1.82) is 0 Å². The largest absolute Gasteiger partial charge is 0.493 e. The zero-order chi connectivity index (χ0) is 39.0. The number of piperidine rings is 1. The second-order valence-electron chi connectivity index (χ2n) is 16.6. The van der Waals surface area contributed by atoms with Crippen LogP contribution in [0.15, 0.2) is 65.8 Å². The third-order valence-corrected chi connectivity index (χ3v) is 12.4. The Morgan fingerprint density at radius 3 is 1.98 bits per heavy atom. The Morgan fingerprint density at radius 1 is 0.870 bits per heavy atom. The summed E-state index contributed by atoms with van der Waals surface area (Å²) in [5, 5.41) is 1.22. The lowest BCUT2D eigenvalue weighted by Crippen LogP contribution is -2.59. The number of nitrogens with zero attached hydrogens (tertiary/aromatic N) is 6. The summed E-state index contributed by atoms with van der Waals surface area (Å²) < 4.78 is 6.31. The minimum Gasteiger partial charge on any atom is -0.493 e. The van der Waals surface area contributed by atoms with Crippen LogP contribution in [0, 0.1) is 5.92 Å². The van der Waals surface area contributed by atoms with Crippen molar-refractivity contribution < 1.29 is 14.3 Å². The average molecular weight is 776 g/mol. The number of aliphatic imine (C=N–C) groups is 1. The van der Waals surface area contributed by atoms with Crippen molar-refractivity contribution in [2.75, 3.05) is 45.9 Å². The highest BCUT2D eigenvalue weighted by molar-refractivity contribution is 6.30. The van der Waals surface area contributed by atoms with E-state index in [4.69, 9.17) is 37.9 Å². The first kappa shape index (κ1) is 40.0. The number of rotatable bonds is 8. The van der Waals surface area contributed by atoms with Gasteiger partial charge in [0.25, 0.3) is 0 Å². The Hall–Kier alpha value is -3.66. The van der Waals surface area contributed by atoms with Gasteiger partial charge in [-0.25, -0.2) is 4.79 Å². The number of piperazine rings is 1. The summed E-state index contributed by atoms with van der Waals surface area (Å²) in [5.41, 5.74) is 1.11. The van der Waals surface area contributed by atoms with Crippen LogP contribution in [0.3, 0.4) is 0 Å². The molecule has 290 valence electrons. The molecule has 1 aromatic heterocycles. The van der Waals surface area contributed by atoms with Gasteiger partial charge in [-0.2, -0.15) is 0 Å². The lowest BCUT2D eigenvalue weighted by molar-refractivity contribution is -0.134. The van der Waals surface area contributed by atoms with Crippen LogP contribution in [-0.4, -0.2) is 94.3 Å². The first-order valence-electron chi connectivity index (χ1n) is 19.4. The van der Waals surface area contributed by atoms with E-state index in [0.717, 1.165) is 55.8 Å². The molecule has 0 N–H and O–H groups in total. The van der Waals surface area contributed by atoms with Gasteiger partial charge in [-0.1, -0.05) is 68.2 Å². The van der Waals surface area contributed by atoms with Gasteiger partial charge in [-0.3, -0.25) is 24.6 Å². The normalized spacial score (nSPS) is 22.9. The number of amides is 3. The van der Waals surface area contributed by atoms with E-state index >= 15 is 4.79 Å². The van der Waals surface area contributed by atoms with Crippen molar-refractivity contribution >= 4 is 41.0 Å². The molecule has 4 heterocycles. The van der Waals surface area contributed by atoms with Gasteiger partial charge < -0.3 is 14.5 Å². The Kier molecular flexibility index (Phi) is 11.7. The molecule has 2 atom stereocenters. The quantitative estimate of drug-likeness (QED) is 0.229. The van der Waals surface area contributed by atoms with Crippen molar-refractivity contribution in [1.82, 2.24) is 24.6 Å². The van der Waals surface area contributed by atoms with E-state index < -0.39 is 11.1 Å². The van der Waals surface area contributed by atoms with Crippen LogP contribution in [-0.2, 0) is 21.3 Å². The first-order chi connectivity index (χ1) is 25.6. The summed E-state index contributed by atoms with van der Waals surface area (Å²) in [5.74, 6) is 1.56. The zero-order valence-corrected chi connectivity index (χ0v) is 34.7. The monoisotopic (exact) mass is 774 g/mol. The number of ether oxygens (including phenoxy) is 1. The number of amidine groups is 1. The smallest absolute Gasteiger partial charge is 0.326 e. The summed E-state index contributed by atoms with van der Waals surface area (Å²) >= 11 is 12.9. The zero-order valence-electron chi connectivity index (χ0n) is 33.2. The molecule has 2 fully saturated rings. The van der Waals surface area contributed by atoms with Crippen LogP contribution in [0.1, 0.15) is 97.0 Å². The topological polar surface area (TPSA) is 81.6 Å². The maximum Gasteiger partial charge on any atom is 0.326 e. The molecule has 0 unspecified atom stereocenters. The van der Waals surface area contributed by atoms with Gasteiger partial charge >= 0.3 is 6.03 Å². The SMILES string of the molecule is CCOc1cc(C(C)(C)C)ncc1C1=N[C@@](C)(c2ccc(Cl)cc2)[C@@](C)(c2ccc(Cl)cc2)N1C(=O)N1CCC(CC(=O)N2CCN(C(C)C)CC2)CC1. The third kappa shape index (κ3) is 7.74. The fourth-order valence-corrected chi connectivity index (χ4v) is 8.44. The summed E-state index contributed by atoms with van der Waals surface area (Å²) in [6, 6.07) is 17.7. The van der Waals surface area contributed by atoms with Gasteiger partial charge in [0.1, 0.15) is 22.7 Å². The molecule has 0 radical (unpaired) electrons. The first-order valence-corrected chi connectivity index (χ1v) is 20.2. The number of halogens is 2. The maximum atomic E-state index is 15.4. The van der Waals surface area contributed by atoms with Crippen LogP contribution >= 0.6 is 23.2 Å². The van der Waals surface area contributed by atoms with Crippen LogP contribution < -0.4 is 4.74 Å². The lowest BCUT2D eigenvalue weighted by atomic mass is 9.71. The average Bonchev–Trinajstić information content (AvgIpc) is 3.39. The van der Waals surface area contributed by atoms with E-state index in [-0.39, 0.29) is 23.3 Å². The van der Waals surface area contributed by atoms with E-state index in [0.29, 0.717) is 59.4 Å².